The second kappa shape index (κ2) is 4.59. The smallest absolute Gasteiger partial charge is 0.376 e. The third kappa shape index (κ3) is 2.18. The molecule has 0 radical (unpaired) electrons. The normalized spacial score (nSPS) is 15.2. The van der Waals surface area contributed by atoms with E-state index >= 15 is 0 Å². The molecule has 0 spiro atoms. The Morgan fingerprint density at radius 1 is 1.25 bits per heavy atom. The maximum atomic E-state index is 13.1. The van der Waals surface area contributed by atoms with Crippen molar-refractivity contribution in [1.29, 1.82) is 0 Å². The van der Waals surface area contributed by atoms with Crippen molar-refractivity contribution in [3.05, 3.63) is 40.8 Å². The van der Waals surface area contributed by atoms with Crippen LogP contribution in [0.2, 0.25) is 0 Å². The number of nitrogens with one attached hydrogen (secondary N) is 1. The lowest BCUT2D eigenvalue weighted by molar-refractivity contribution is -0.137. The van der Waals surface area contributed by atoms with Crippen LogP contribution in [-0.4, -0.2) is 16.8 Å². The van der Waals surface area contributed by atoms with Crippen molar-refractivity contribution in [2.45, 2.75) is 19.2 Å². The highest BCUT2D eigenvalue weighted by atomic mass is 19.4. The van der Waals surface area contributed by atoms with Crippen LogP contribution in [-0.2, 0) is 23.9 Å². The Balaban J connectivity index is 2.17. The van der Waals surface area contributed by atoms with Gasteiger partial charge in [-0.3, -0.25) is 5.10 Å². The van der Waals surface area contributed by atoms with Crippen LogP contribution in [0, 0.1) is 5.82 Å². The number of H-pyrrole nitrogens is 1. The molecule has 0 aliphatic carbocycles. The van der Waals surface area contributed by atoms with Crippen molar-refractivity contribution in [3.8, 4) is 11.3 Å². The number of hydrogen-bond acceptors (Lipinski definition) is 2. The van der Waals surface area contributed by atoms with E-state index in [0.29, 0.717) is 24.7 Å². The number of fused-ring (bicyclic) bond motifs is 1. The number of rotatable bonds is 1. The van der Waals surface area contributed by atoms with Gasteiger partial charge in [0.1, 0.15) is 5.82 Å². The van der Waals surface area contributed by atoms with Gasteiger partial charge in [0.25, 0.3) is 0 Å². The number of aromatic nitrogens is 2. The maximum Gasteiger partial charge on any atom is 0.417 e. The van der Waals surface area contributed by atoms with Crippen molar-refractivity contribution >= 4 is 0 Å². The predicted octanol–water partition coefficient (Wildman–Crippen LogP) is 3.31. The van der Waals surface area contributed by atoms with Crippen LogP contribution in [0.3, 0.4) is 0 Å². The molecule has 0 saturated heterocycles. The van der Waals surface area contributed by atoms with Gasteiger partial charge in [-0.2, -0.15) is 18.3 Å². The molecule has 0 saturated carbocycles. The fourth-order valence-electron chi connectivity index (χ4n) is 2.29. The van der Waals surface area contributed by atoms with Gasteiger partial charge in [0.2, 0.25) is 0 Å². The Hall–Kier alpha value is -1.89. The quantitative estimate of drug-likeness (QED) is 0.817. The summed E-state index contributed by atoms with van der Waals surface area (Å²) in [6.07, 6.45) is -4.07. The van der Waals surface area contributed by atoms with E-state index in [0.717, 1.165) is 17.8 Å². The number of nitrogens with zero attached hydrogens (tertiary/aromatic N) is 1. The minimum Gasteiger partial charge on any atom is -0.376 e. The summed E-state index contributed by atoms with van der Waals surface area (Å²) >= 11 is 0. The highest BCUT2D eigenvalue weighted by Crippen LogP contribution is 2.39. The molecule has 2 heterocycles. The van der Waals surface area contributed by atoms with Crippen molar-refractivity contribution in [3.63, 3.8) is 0 Å². The first-order valence-corrected chi connectivity index (χ1v) is 5.98. The van der Waals surface area contributed by atoms with Crippen LogP contribution in [0.15, 0.2) is 18.2 Å². The largest absolute Gasteiger partial charge is 0.417 e. The second-order valence-electron chi connectivity index (χ2n) is 4.52. The lowest BCUT2D eigenvalue weighted by Crippen LogP contribution is -2.11. The molecule has 1 aliphatic rings. The Bertz CT molecular complexity index is 648. The Morgan fingerprint density at radius 3 is 2.80 bits per heavy atom. The number of aromatic amines is 1. The van der Waals surface area contributed by atoms with Gasteiger partial charge in [0.05, 0.1) is 24.5 Å². The summed E-state index contributed by atoms with van der Waals surface area (Å²) in [5, 5.41) is 6.67. The van der Waals surface area contributed by atoms with E-state index in [9.17, 15) is 17.6 Å². The highest BCUT2D eigenvalue weighted by Gasteiger charge is 2.35. The first-order valence-electron chi connectivity index (χ1n) is 5.98. The van der Waals surface area contributed by atoms with Gasteiger partial charge < -0.3 is 4.74 Å². The number of halogens is 4. The zero-order valence-corrected chi connectivity index (χ0v) is 10.2. The average molecular weight is 286 g/mol. The van der Waals surface area contributed by atoms with Gasteiger partial charge >= 0.3 is 6.18 Å². The Morgan fingerprint density at radius 2 is 2.05 bits per heavy atom. The molecular weight excluding hydrogens is 276 g/mol. The van der Waals surface area contributed by atoms with Crippen LogP contribution >= 0.6 is 0 Å². The third-order valence-corrected chi connectivity index (χ3v) is 3.24. The molecule has 0 atom stereocenters. The van der Waals surface area contributed by atoms with Gasteiger partial charge in [0.15, 0.2) is 0 Å². The summed E-state index contributed by atoms with van der Waals surface area (Å²) in [5.74, 6) is -0.929. The predicted molar refractivity (Wildman–Crippen MR) is 62.3 cm³/mol. The van der Waals surface area contributed by atoms with Crippen LogP contribution in [0.5, 0.6) is 0 Å². The van der Waals surface area contributed by atoms with Crippen molar-refractivity contribution < 1.29 is 22.3 Å². The molecular formula is C13H10F4N2O. The molecule has 106 valence electrons. The summed E-state index contributed by atoms with van der Waals surface area (Å²) in [6, 6.07) is 2.58. The topological polar surface area (TPSA) is 37.9 Å². The highest BCUT2D eigenvalue weighted by molar-refractivity contribution is 5.68. The number of alkyl halides is 3. The van der Waals surface area contributed by atoms with E-state index < -0.39 is 17.6 Å². The monoisotopic (exact) mass is 286 g/mol. The number of hydrogen-bond donors (Lipinski definition) is 1. The van der Waals surface area contributed by atoms with E-state index in [1.54, 1.807) is 0 Å². The van der Waals surface area contributed by atoms with E-state index in [-0.39, 0.29) is 17.9 Å². The molecule has 7 heteroatoms. The van der Waals surface area contributed by atoms with Crippen LogP contribution in [0.1, 0.15) is 16.8 Å². The summed E-state index contributed by atoms with van der Waals surface area (Å²) < 4.78 is 57.4. The van der Waals surface area contributed by atoms with Crippen molar-refractivity contribution in [1.82, 2.24) is 10.2 Å². The second-order valence-corrected chi connectivity index (χ2v) is 4.52. The first kappa shape index (κ1) is 13.1. The van der Waals surface area contributed by atoms with Gasteiger partial charge in [-0.1, -0.05) is 0 Å². The minimum atomic E-state index is -4.64. The van der Waals surface area contributed by atoms with Gasteiger partial charge in [-0.15, -0.1) is 0 Å². The SMILES string of the molecule is Fc1ccc(-c2n[nH]c3c2COCC3)c(C(F)(F)F)c1. The van der Waals surface area contributed by atoms with E-state index in [2.05, 4.69) is 10.2 Å². The van der Waals surface area contributed by atoms with Gasteiger partial charge in [-0.05, 0) is 18.2 Å². The number of benzene rings is 1. The molecule has 2 aromatic rings. The molecule has 1 aromatic carbocycles. The summed E-state index contributed by atoms with van der Waals surface area (Å²) in [5.41, 5.74) is 0.378. The summed E-state index contributed by atoms with van der Waals surface area (Å²) in [6.45, 7) is 0.708. The van der Waals surface area contributed by atoms with E-state index in [1.807, 2.05) is 0 Å². The molecule has 0 bridgehead atoms. The van der Waals surface area contributed by atoms with Gasteiger partial charge in [0, 0.05) is 23.2 Å². The van der Waals surface area contributed by atoms with Crippen LogP contribution in [0.25, 0.3) is 11.3 Å². The van der Waals surface area contributed by atoms with Crippen LogP contribution < -0.4 is 0 Å². The van der Waals surface area contributed by atoms with Gasteiger partial charge in [-0.25, -0.2) is 4.39 Å². The Kier molecular flexibility index (Phi) is 3.01. The van der Waals surface area contributed by atoms with Crippen molar-refractivity contribution in [2.75, 3.05) is 6.61 Å². The molecule has 1 aromatic heterocycles. The molecule has 0 unspecified atom stereocenters. The standard InChI is InChI=1S/C13H10F4N2O/c14-7-1-2-8(10(5-7)13(15,16)17)12-9-6-20-4-3-11(9)18-19-12/h1-2,5H,3-4,6H2,(H,18,19). The molecule has 3 nitrogen and oxygen atoms in total. The molecule has 3 rings (SSSR count). The maximum absolute atomic E-state index is 13.1. The fraction of sp³-hybridized carbons (Fsp3) is 0.308. The molecule has 1 aliphatic heterocycles. The van der Waals surface area contributed by atoms with E-state index in [4.69, 9.17) is 4.74 Å². The summed E-state index contributed by atoms with van der Waals surface area (Å²) in [4.78, 5) is 0. The molecule has 0 fully saturated rings. The third-order valence-electron chi connectivity index (χ3n) is 3.24. The van der Waals surface area contributed by atoms with Crippen molar-refractivity contribution in [2.24, 2.45) is 0 Å². The Labute approximate surface area is 111 Å². The molecule has 1 N–H and O–H groups in total. The van der Waals surface area contributed by atoms with E-state index in [1.165, 1.54) is 0 Å². The zero-order chi connectivity index (χ0) is 14.3. The lowest BCUT2D eigenvalue weighted by atomic mass is 9.99. The fourth-order valence-corrected chi connectivity index (χ4v) is 2.29. The molecule has 0 amide bonds. The minimum absolute atomic E-state index is 0.137. The summed E-state index contributed by atoms with van der Waals surface area (Å²) in [7, 11) is 0. The number of ether oxygens (including phenoxy) is 1. The lowest BCUT2D eigenvalue weighted by Gasteiger charge is -2.15. The zero-order valence-electron chi connectivity index (χ0n) is 10.2. The average Bonchev–Trinajstić information content (AvgIpc) is 2.81. The molecule has 20 heavy (non-hydrogen) atoms. The van der Waals surface area contributed by atoms with Crippen LogP contribution in [0.4, 0.5) is 17.6 Å². The first-order chi connectivity index (χ1) is 9.47.